The van der Waals surface area contributed by atoms with Gasteiger partial charge in [0.25, 0.3) is 0 Å². The van der Waals surface area contributed by atoms with E-state index in [1.54, 1.807) is 0 Å². The fourth-order valence-corrected chi connectivity index (χ4v) is 0.618. The predicted molar refractivity (Wildman–Crippen MR) is 42.9 cm³/mol. The number of aldehydes is 1. The minimum atomic E-state index is -1.79. The molecule has 0 rings (SSSR count). The summed E-state index contributed by atoms with van der Waals surface area (Å²) in [6.07, 6.45) is -6.84. The third-order valence-corrected chi connectivity index (χ3v) is 1.42. The van der Waals surface area contributed by atoms with E-state index >= 15 is 0 Å². The molecule has 13 heavy (non-hydrogen) atoms. The van der Waals surface area contributed by atoms with Gasteiger partial charge in [0, 0.05) is 29.6 Å². The van der Waals surface area contributed by atoms with Crippen molar-refractivity contribution >= 4 is 35.8 Å². The van der Waals surface area contributed by atoms with Crippen molar-refractivity contribution < 1.29 is 30.3 Å². The molecule has 0 aliphatic rings. The Morgan fingerprint density at radius 2 is 1.54 bits per heavy atom. The Morgan fingerprint density at radius 3 is 1.85 bits per heavy atom. The van der Waals surface area contributed by atoms with Crippen molar-refractivity contribution in [2.24, 2.45) is 0 Å². The molecule has 6 nitrogen and oxygen atoms in total. The van der Waals surface area contributed by atoms with Crippen LogP contribution in [0, 0.1) is 0 Å². The Hall–Kier alpha value is 0.470. The maximum Gasteiger partial charge on any atom is 0.151 e. The van der Waals surface area contributed by atoms with E-state index in [4.69, 9.17) is 25.5 Å². The standard InChI is InChI=1S/C6H12O6.Na/c7-1-3(9)5(11)6(12)4(10)2-8;/h1,3-6,8-12H,2H2;/t3-,4-,5-,6-;/m1./s1. The molecule has 1 radical (unpaired) electrons. The Bertz CT molecular complexity index is 143. The number of carbonyl (C=O) groups excluding carboxylic acids is 1. The molecule has 5 N–H and O–H groups in total. The van der Waals surface area contributed by atoms with Gasteiger partial charge in [-0.15, -0.1) is 0 Å². The van der Waals surface area contributed by atoms with Crippen LogP contribution in [-0.4, -0.2) is 92.4 Å². The molecule has 0 unspecified atom stereocenters. The number of aliphatic hydroxyl groups excluding tert-OH is 5. The molecule has 4 atom stereocenters. The molecule has 0 aromatic rings. The summed E-state index contributed by atoms with van der Waals surface area (Å²) in [5, 5.41) is 43.5. The summed E-state index contributed by atoms with van der Waals surface area (Å²) < 4.78 is 0. The van der Waals surface area contributed by atoms with Crippen LogP contribution < -0.4 is 0 Å². The van der Waals surface area contributed by atoms with Crippen LogP contribution in [0.2, 0.25) is 0 Å². The van der Waals surface area contributed by atoms with Crippen LogP contribution in [0.5, 0.6) is 0 Å². The normalized spacial score (nSPS) is 19.5. The first kappa shape index (κ1) is 15.9. The topological polar surface area (TPSA) is 118 Å². The second kappa shape index (κ2) is 7.84. The first-order valence-electron chi connectivity index (χ1n) is 3.33. The molecule has 0 heterocycles. The number of carbonyl (C=O) groups is 1. The summed E-state index contributed by atoms with van der Waals surface area (Å²) in [6.45, 7) is -0.760. The largest absolute Gasteiger partial charge is 0.394 e. The second-order valence-corrected chi connectivity index (χ2v) is 2.36. The van der Waals surface area contributed by atoms with E-state index in [0.29, 0.717) is 0 Å². The van der Waals surface area contributed by atoms with E-state index in [2.05, 4.69) is 0 Å². The number of rotatable bonds is 5. The van der Waals surface area contributed by atoms with Crippen LogP contribution in [0.1, 0.15) is 0 Å². The van der Waals surface area contributed by atoms with Crippen LogP contribution in [0.3, 0.4) is 0 Å². The van der Waals surface area contributed by atoms with Gasteiger partial charge in [0.15, 0.2) is 6.29 Å². The summed E-state index contributed by atoms with van der Waals surface area (Å²) in [6, 6.07) is 0. The number of hydrogen-bond donors (Lipinski definition) is 5. The molecule has 0 saturated carbocycles. The summed E-state index contributed by atoms with van der Waals surface area (Å²) in [5.41, 5.74) is 0. The average molecular weight is 203 g/mol. The van der Waals surface area contributed by atoms with Crippen LogP contribution in [0.15, 0.2) is 0 Å². The van der Waals surface area contributed by atoms with Crippen molar-refractivity contribution in [3.05, 3.63) is 0 Å². The third-order valence-electron chi connectivity index (χ3n) is 1.42. The first-order valence-corrected chi connectivity index (χ1v) is 3.33. The summed E-state index contributed by atoms with van der Waals surface area (Å²) in [7, 11) is 0. The molecular formula is C6H12NaO6. The average Bonchev–Trinajstić information content (AvgIpc) is 2.12. The molecule has 0 fully saturated rings. The van der Waals surface area contributed by atoms with Gasteiger partial charge in [0.05, 0.1) is 6.61 Å². The molecule has 0 aromatic carbocycles. The van der Waals surface area contributed by atoms with Gasteiger partial charge < -0.3 is 30.3 Å². The van der Waals surface area contributed by atoms with Gasteiger partial charge in [-0.3, -0.25) is 0 Å². The summed E-state index contributed by atoms with van der Waals surface area (Å²) in [4.78, 5) is 9.90. The fraction of sp³-hybridized carbons (Fsp3) is 0.833. The van der Waals surface area contributed by atoms with Crippen LogP contribution >= 0.6 is 0 Å². The van der Waals surface area contributed by atoms with Crippen molar-refractivity contribution in [1.29, 1.82) is 0 Å². The molecule has 7 heteroatoms. The molecule has 0 aliphatic carbocycles. The second-order valence-electron chi connectivity index (χ2n) is 2.36. The van der Waals surface area contributed by atoms with Crippen LogP contribution in [-0.2, 0) is 4.79 Å². The van der Waals surface area contributed by atoms with Gasteiger partial charge in [-0.2, -0.15) is 0 Å². The van der Waals surface area contributed by atoms with Gasteiger partial charge in [0.2, 0.25) is 0 Å². The van der Waals surface area contributed by atoms with Crippen molar-refractivity contribution in [2.75, 3.05) is 6.61 Å². The molecule has 0 saturated heterocycles. The fourth-order valence-electron chi connectivity index (χ4n) is 0.618. The predicted octanol–water partition coefficient (Wildman–Crippen LogP) is -3.76. The van der Waals surface area contributed by atoms with E-state index in [9.17, 15) is 4.79 Å². The minimum absolute atomic E-state index is 0. The smallest absolute Gasteiger partial charge is 0.151 e. The zero-order valence-corrected chi connectivity index (χ0v) is 9.24. The van der Waals surface area contributed by atoms with E-state index in [-0.39, 0.29) is 35.8 Å². The minimum Gasteiger partial charge on any atom is -0.394 e. The summed E-state index contributed by atoms with van der Waals surface area (Å²) in [5.74, 6) is 0. The van der Waals surface area contributed by atoms with Gasteiger partial charge in [-0.05, 0) is 0 Å². The monoisotopic (exact) mass is 203 g/mol. The molecule has 0 aliphatic heterocycles. The SMILES string of the molecule is O=C[C@@H](O)[C@@H](O)[C@H](O)[C@H](O)CO.[Na]. The maximum absolute atomic E-state index is 9.90. The van der Waals surface area contributed by atoms with E-state index in [1.165, 1.54) is 0 Å². The van der Waals surface area contributed by atoms with Gasteiger partial charge in [-0.1, -0.05) is 0 Å². The maximum atomic E-state index is 9.90. The van der Waals surface area contributed by atoms with E-state index in [0.717, 1.165) is 0 Å². The molecule has 0 spiro atoms. The molecule has 0 bridgehead atoms. The van der Waals surface area contributed by atoms with Crippen molar-refractivity contribution in [2.45, 2.75) is 24.4 Å². The van der Waals surface area contributed by atoms with Gasteiger partial charge >= 0.3 is 0 Å². The zero-order valence-electron chi connectivity index (χ0n) is 7.24. The van der Waals surface area contributed by atoms with Crippen LogP contribution in [0.4, 0.5) is 0 Å². The third kappa shape index (κ3) is 5.04. The van der Waals surface area contributed by atoms with E-state index < -0.39 is 31.0 Å². The van der Waals surface area contributed by atoms with Crippen LogP contribution in [0.25, 0.3) is 0 Å². The Balaban J connectivity index is 0. The van der Waals surface area contributed by atoms with Gasteiger partial charge in [0.1, 0.15) is 24.4 Å². The van der Waals surface area contributed by atoms with E-state index in [1.807, 2.05) is 0 Å². The molecule has 0 amide bonds. The van der Waals surface area contributed by atoms with Crippen molar-refractivity contribution in [1.82, 2.24) is 0 Å². The molecule has 73 valence electrons. The Labute approximate surface area is 97.1 Å². The quantitative estimate of drug-likeness (QED) is 0.231. The van der Waals surface area contributed by atoms with Gasteiger partial charge in [-0.25, -0.2) is 0 Å². The number of aliphatic hydroxyl groups is 5. The molecular weight excluding hydrogens is 191 g/mol. The summed E-state index contributed by atoms with van der Waals surface area (Å²) >= 11 is 0. The molecule has 0 aromatic heterocycles. The zero-order chi connectivity index (χ0) is 9.72. The Morgan fingerprint density at radius 1 is 1.08 bits per heavy atom. The van der Waals surface area contributed by atoms with Crippen molar-refractivity contribution in [3.8, 4) is 0 Å². The Kier molecular flexibility index (Phi) is 9.60. The van der Waals surface area contributed by atoms with Crippen molar-refractivity contribution in [3.63, 3.8) is 0 Å². The number of hydrogen-bond acceptors (Lipinski definition) is 6. The first-order chi connectivity index (χ1) is 5.54.